The van der Waals surface area contributed by atoms with E-state index in [0.29, 0.717) is 11.4 Å². The molecule has 12 heteroatoms. The lowest BCUT2D eigenvalue weighted by Gasteiger charge is -2.40. The fourth-order valence-corrected chi connectivity index (χ4v) is 7.93. The van der Waals surface area contributed by atoms with Gasteiger partial charge in [-0.15, -0.1) is 0 Å². The van der Waals surface area contributed by atoms with Crippen molar-refractivity contribution >= 4 is 51.1 Å². The van der Waals surface area contributed by atoms with Crippen LogP contribution >= 0.6 is 0 Å². The lowest BCUT2D eigenvalue weighted by Crippen LogP contribution is -2.54. The Bertz CT molecular complexity index is 2230. The van der Waals surface area contributed by atoms with Crippen LogP contribution in [0.4, 0.5) is 5.69 Å². The number of rotatable bonds is 7. The van der Waals surface area contributed by atoms with Gasteiger partial charge in [-0.05, 0) is 61.2 Å². The predicted octanol–water partition coefficient (Wildman–Crippen LogP) is 4.79. The number of ether oxygens (including phenoxy) is 2. The SMILES string of the molecule is Cn1c2ccncc2c2ccc(-c3ccc(O[C@H]4C[C@H](OC5CCN(c6ccc7c(c6)C(=O)N(C6CCC(=O)NC6=O)C7=O)CC5)C4)nc3)cc21. The molecule has 1 aliphatic carbocycles. The molecule has 0 radical (unpaired) electrons. The topological polar surface area (TPSA) is 136 Å². The van der Waals surface area contributed by atoms with E-state index in [-0.39, 0.29) is 36.7 Å². The van der Waals surface area contributed by atoms with Gasteiger partial charge in [0.15, 0.2) is 0 Å². The fraction of sp³-hybridized carbons (Fsp3) is 0.333. The molecule has 1 unspecified atom stereocenters. The van der Waals surface area contributed by atoms with Crippen molar-refractivity contribution in [3.05, 3.63) is 84.3 Å². The van der Waals surface area contributed by atoms with Crippen molar-refractivity contribution in [2.75, 3.05) is 18.0 Å². The third kappa shape index (κ3) is 5.50. The molecule has 0 spiro atoms. The Kier molecular flexibility index (Phi) is 7.57. The van der Waals surface area contributed by atoms with Gasteiger partial charge in [0.1, 0.15) is 12.1 Å². The lowest BCUT2D eigenvalue weighted by molar-refractivity contribution is -0.136. The number of anilines is 1. The Morgan fingerprint density at radius 2 is 1.57 bits per heavy atom. The van der Waals surface area contributed by atoms with Crippen LogP contribution in [0.3, 0.4) is 0 Å². The van der Waals surface area contributed by atoms with E-state index in [1.807, 2.05) is 36.8 Å². The van der Waals surface area contributed by atoms with Crippen molar-refractivity contribution in [3.63, 3.8) is 0 Å². The third-order valence-corrected chi connectivity index (χ3v) is 10.8. The van der Waals surface area contributed by atoms with E-state index in [9.17, 15) is 19.2 Å². The van der Waals surface area contributed by atoms with Crippen molar-refractivity contribution in [2.45, 2.75) is 62.9 Å². The van der Waals surface area contributed by atoms with Gasteiger partial charge >= 0.3 is 0 Å². The number of piperidine rings is 2. The van der Waals surface area contributed by atoms with Crippen LogP contribution in [-0.4, -0.2) is 80.5 Å². The Morgan fingerprint density at radius 1 is 0.765 bits per heavy atom. The molecule has 258 valence electrons. The number of pyridine rings is 2. The van der Waals surface area contributed by atoms with Crippen molar-refractivity contribution in [1.82, 2.24) is 24.8 Å². The van der Waals surface area contributed by atoms with Crippen LogP contribution in [0.2, 0.25) is 0 Å². The maximum absolute atomic E-state index is 13.3. The second-order valence-electron chi connectivity index (χ2n) is 13.9. The fourth-order valence-electron chi connectivity index (χ4n) is 7.93. The van der Waals surface area contributed by atoms with Crippen molar-refractivity contribution in [2.24, 2.45) is 7.05 Å². The number of hydrogen-bond donors (Lipinski definition) is 1. The number of amides is 4. The summed E-state index contributed by atoms with van der Waals surface area (Å²) in [6, 6.07) is 16.8. The zero-order chi connectivity index (χ0) is 34.8. The summed E-state index contributed by atoms with van der Waals surface area (Å²) in [5.41, 5.74) is 5.88. The number of carbonyl (C=O) groups excluding carboxylic acids is 4. The summed E-state index contributed by atoms with van der Waals surface area (Å²) < 4.78 is 14.8. The molecule has 3 aromatic heterocycles. The highest BCUT2D eigenvalue weighted by atomic mass is 16.5. The molecular weight excluding hydrogens is 648 g/mol. The molecule has 1 N–H and O–H groups in total. The first-order chi connectivity index (χ1) is 24.8. The number of carbonyl (C=O) groups is 4. The molecule has 6 heterocycles. The molecule has 9 rings (SSSR count). The minimum atomic E-state index is -0.971. The highest BCUT2D eigenvalue weighted by molar-refractivity contribution is 6.23. The van der Waals surface area contributed by atoms with Crippen LogP contribution in [0.1, 0.15) is 59.2 Å². The first kappa shape index (κ1) is 31.4. The molecule has 4 aliphatic rings. The molecule has 1 atom stereocenters. The summed E-state index contributed by atoms with van der Waals surface area (Å²) in [6.45, 7) is 1.52. The number of hydrogen-bond acceptors (Lipinski definition) is 9. The Balaban J connectivity index is 0.758. The van der Waals surface area contributed by atoms with Gasteiger partial charge in [0.2, 0.25) is 17.7 Å². The van der Waals surface area contributed by atoms with E-state index in [2.05, 4.69) is 56.1 Å². The van der Waals surface area contributed by atoms with Crippen molar-refractivity contribution in [1.29, 1.82) is 0 Å². The number of nitrogens with zero attached hydrogens (tertiary/aromatic N) is 5. The number of aromatic nitrogens is 3. The van der Waals surface area contributed by atoms with Crippen LogP contribution in [0.15, 0.2) is 73.2 Å². The summed E-state index contributed by atoms with van der Waals surface area (Å²) >= 11 is 0. The second kappa shape index (κ2) is 12.3. The highest BCUT2D eigenvalue weighted by Crippen LogP contribution is 2.35. The van der Waals surface area contributed by atoms with E-state index in [1.165, 1.54) is 5.39 Å². The summed E-state index contributed by atoms with van der Waals surface area (Å²) in [5.74, 6) is -1.37. The molecule has 0 bridgehead atoms. The van der Waals surface area contributed by atoms with E-state index < -0.39 is 29.7 Å². The van der Waals surface area contributed by atoms with Crippen LogP contribution in [-0.2, 0) is 21.4 Å². The molecule has 5 aromatic rings. The van der Waals surface area contributed by atoms with E-state index >= 15 is 0 Å². The number of benzene rings is 2. The largest absolute Gasteiger partial charge is 0.474 e. The monoisotopic (exact) mass is 684 g/mol. The maximum Gasteiger partial charge on any atom is 0.262 e. The molecule has 4 amide bonds. The number of nitrogens with one attached hydrogen (secondary N) is 1. The molecule has 3 aliphatic heterocycles. The number of aryl methyl sites for hydroxylation is 1. The second-order valence-corrected chi connectivity index (χ2v) is 13.9. The number of imide groups is 2. The van der Waals surface area contributed by atoms with Crippen LogP contribution in [0.25, 0.3) is 32.9 Å². The maximum atomic E-state index is 13.3. The zero-order valence-corrected chi connectivity index (χ0v) is 28.1. The van der Waals surface area contributed by atoms with Crippen molar-refractivity contribution in [3.8, 4) is 17.0 Å². The van der Waals surface area contributed by atoms with Gasteiger partial charge < -0.3 is 18.9 Å². The average molecular weight is 685 g/mol. The van der Waals surface area contributed by atoms with Gasteiger partial charge in [0.05, 0.1) is 28.9 Å². The van der Waals surface area contributed by atoms with Crippen LogP contribution < -0.4 is 15.0 Å². The zero-order valence-electron chi connectivity index (χ0n) is 28.1. The smallest absolute Gasteiger partial charge is 0.262 e. The minimum absolute atomic E-state index is 0.0700. The average Bonchev–Trinajstić information content (AvgIpc) is 3.56. The van der Waals surface area contributed by atoms with Gasteiger partial charge in [0, 0.05) is 91.6 Å². The van der Waals surface area contributed by atoms with Gasteiger partial charge in [-0.2, -0.15) is 0 Å². The van der Waals surface area contributed by atoms with Crippen LogP contribution in [0.5, 0.6) is 5.88 Å². The lowest BCUT2D eigenvalue weighted by atomic mass is 9.91. The molecule has 3 fully saturated rings. The van der Waals surface area contributed by atoms with E-state index in [1.54, 1.807) is 12.1 Å². The summed E-state index contributed by atoms with van der Waals surface area (Å²) in [6.07, 6.45) is 9.52. The normalized spacial score (nSPS) is 22.4. The van der Waals surface area contributed by atoms with Gasteiger partial charge in [-0.1, -0.05) is 12.1 Å². The van der Waals surface area contributed by atoms with E-state index in [4.69, 9.17) is 9.47 Å². The summed E-state index contributed by atoms with van der Waals surface area (Å²) in [7, 11) is 2.08. The summed E-state index contributed by atoms with van der Waals surface area (Å²) in [5, 5.41) is 4.56. The van der Waals surface area contributed by atoms with E-state index in [0.717, 1.165) is 76.9 Å². The molecule has 2 saturated heterocycles. The van der Waals surface area contributed by atoms with Gasteiger partial charge in [-0.3, -0.25) is 34.4 Å². The quantitative estimate of drug-likeness (QED) is 0.240. The standard InChI is InChI=1S/C39H36N6O6/c1-43-32-10-13-40-21-31(32)28-5-2-22(16-34(28)43)23-3-9-36(41-20-23)51-27-18-26(19-27)50-25-11-14-44(15-12-25)24-4-6-29-30(17-24)39(49)45(38(29)48)33-7-8-35(46)42-37(33)47/h2-6,9-10,13,16-17,20-21,25-27,33H,7-8,11-12,14-15,18-19H2,1H3,(H,42,46,47)/t26-,27-,33?. The Morgan fingerprint density at radius 3 is 2.35 bits per heavy atom. The molecule has 1 saturated carbocycles. The first-order valence-electron chi connectivity index (χ1n) is 17.5. The highest BCUT2D eigenvalue weighted by Gasteiger charge is 2.45. The first-order valence-corrected chi connectivity index (χ1v) is 17.5. The Labute approximate surface area is 293 Å². The number of fused-ring (bicyclic) bond motifs is 4. The molecule has 51 heavy (non-hydrogen) atoms. The minimum Gasteiger partial charge on any atom is -0.474 e. The molecule has 12 nitrogen and oxygen atoms in total. The van der Waals surface area contributed by atoms with Crippen LogP contribution in [0, 0.1) is 0 Å². The van der Waals surface area contributed by atoms with Crippen molar-refractivity contribution < 1.29 is 28.7 Å². The molecular formula is C39H36N6O6. The molecule has 2 aromatic carbocycles. The van der Waals surface area contributed by atoms with Gasteiger partial charge in [0.25, 0.3) is 11.8 Å². The predicted molar refractivity (Wildman–Crippen MR) is 188 cm³/mol. The third-order valence-electron chi connectivity index (χ3n) is 10.8. The summed E-state index contributed by atoms with van der Waals surface area (Å²) in [4.78, 5) is 62.4. The Hall–Kier alpha value is -5.62. The van der Waals surface area contributed by atoms with Gasteiger partial charge in [-0.25, -0.2) is 4.98 Å².